The summed E-state index contributed by atoms with van der Waals surface area (Å²) in [5, 5.41) is 9.64. The van der Waals surface area contributed by atoms with Crippen LogP contribution in [0, 0.1) is 0 Å². The van der Waals surface area contributed by atoms with Gasteiger partial charge in [0.2, 0.25) is 0 Å². The number of phenols is 1. The highest BCUT2D eigenvalue weighted by Gasteiger charge is 2.09. The van der Waals surface area contributed by atoms with Gasteiger partial charge in [0, 0.05) is 18.1 Å². The molecule has 0 aromatic heterocycles. The zero-order valence-electron chi connectivity index (χ0n) is 7.28. The van der Waals surface area contributed by atoms with E-state index >= 15 is 0 Å². The van der Waals surface area contributed by atoms with Gasteiger partial charge < -0.3 is 5.11 Å². The largest absolute Gasteiger partial charge is 0.506 e. The molecule has 0 spiro atoms. The maximum Gasteiger partial charge on any atom is 0.298 e. The number of rotatable bonds is 3. The average Bonchev–Trinajstić information content (AvgIpc) is 2.10. The summed E-state index contributed by atoms with van der Waals surface area (Å²) in [7, 11) is -2.35. The van der Waals surface area contributed by atoms with Crippen LogP contribution in [0.5, 0.6) is 5.75 Å². The highest BCUT2D eigenvalue weighted by molar-refractivity contribution is 7.90. The Bertz CT molecular complexity index is 433. The highest BCUT2D eigenvalue weighted by atomic mass is 35.5. The lowest BCUT2D eigenvalue weighted by Crippen LogP contribution is -2.26. The lowest BCUT2D eigenvalue weighted by Gasteiger charge is -2.07. The first-order valence-corrected chi connectivity index (χ1v) is 5.50. The third kappa shape index (κ3) is 2.76. The molecule has 0 fully saturated rings. The molecular formula is C7H9ClN2O3S. The predicted octanol–water partition coefficient (Wildman–Crippen LogP) is 0.922. The van der Waals surface area contributed by atoms with E-state index in [1.807, 2.05) is 4.72 Å². The monoisotopic (exact) mass is 236 g/mol. The van der Waals surface area contributed by atoms with E-state index in [2.05, 4.69) is 4.72 Å². The molecule has 0 heterocycles. The van der Waals surface area contributed by atoms with Crippen molar-refractivity contribution in [2.45, 2.75) is 0 Å². The molecule has 0 unspecified atom stereocenters. The van der Waals surface area contributed by atoms with Crippen molar-refractivity contribution in [1.82, 2.24) is 4.72 Å². The maximum absolute atomic E-state index is 11.0. The Morgan fingerprint density at radius 3 is 2.57 bits per heavy atom. The van der Waals surface area contributed by atoms with Crippen molar-refractivity contribution in [2.75, 3.05) is 11.8 Å². The van der Waals surface area contributed by atoms with E-state index in [1.54, 1.807) is 0 Å². The molecule has 0 bridgehead atoms. The van der Waals surface area contributed by atoms with Crippen molar-refractivity contribution in [3.8, 4) is 5.75 Å². The van der Waals surface area contributed by atoms with Crippen molar-refractivity contribution in [3.63, 3.8) is 0 Å². The Morgan fingerprint density at radius 1 is 1.43 bits per heavy atom. The van der Waals surface area contributed by atoms with Gasteiger partial charge in [0.25, 0.3) is 10.2 Å². The Hall–Kier alpha value is -0.980. The molecule has 0 atom stereocenters. The summed E-state index contributed by atoms with van der Waals surface area (Å²) >= 11 is 5.57. The zero-order valence-corrected chi connectivity index (χ0v) is 8.85. The Morgan fingerprint density at radius 2 is 2.07 bits per heavy atom. The van der Waals surface area contributed by atoms with Gasteiger partial charge in [-0.25, -0.2) is 4.72 Å². The molecule has 0 saturated heterocycles. The number of anilines is 1. The van der Waals surface area contributed by atoms with Crippen molar-refractivity contribution < 1.29 is 13.5 Å². The van der Waals surface area contributed by atoms with E-state index in [4.69, 9.17) is 11.6 Å². The summed E-state index contributed by atoms with van der Waals surface area (Å²) in [6.45, 7) is 0. The Kier molecular flexibility index (Phi) is 3.20. The minimum absolute atomic E-state index is 0.0729. The molecule has 3 N–H and O–H groups in total. The first kappa shape index (κ1) is 11.1. The highest BCUT2D eigenvalue weighted by Crippen LogP contribution is 2.26. The normalized spacial score (nSPS) is 11.3. The molecule has 0 aliphatic rings. The molecule has 0 amide bonds. The predicted molar refractivity (Wildman–Crippen MR) is 54.7 cm³/mol. The van der Waals surface area contributed by atoms with Gasteiger partial charge in [0.1, 0.15) is 5.75 Å². The van der Waals surface area contributed by atoms with Crippen LogP contribution < -0.4 is 9.44 Å². The summed E-state index contributed by atoms with van der Waals surface area (Å²) in [5.41, 5.74) is 0.0729. The van der Waals surface area contributed by atoms with Crippen LogP contribution in [0.2, 0.25) is 5.02 Å². The van der Waals surface area contributed by atoms with Crippen molar-refractivity contribution in [2.24, 2.45) is 0 Å². The number of nitrogens with one attached hydrogen (secondary N) is 2. The smallest absolute Gasteiger partial charge is 0.298 e. The Balaban J connectivity index is 2.99. The molecular weight excluding hydrogens is 228 g/mol. The number of hydrogen-bond donors (Lipinski definition) is 3. The minimum atomic E-state index is -3.61. The molecule has 14 heavy (non-hydrogen) atoms. The third-order valence-corrected chi connectivity index (χ3v) is 2.73. The molecule has 78 valence electrons. The molecule has 0 aliphatic carbocycles. The summed E-state index contributed by atoms with van der Waals surface area (Å²) in [6.07, 6.45) is 0. The fourth-order valence-corrected chi connectivity index (χ4v) is 1.52. The topological polar surface area (TPSA) is 78.4 Å². The first-order valence-electron chi connectivity index (χ1n) is 3.64. The van der Waals surface area contributed by atoms with E-state index < -0.39 is 10.2 Å². The molecule has 1 aromatic rings. The quantitative estimate of drug-likeness (QED) is 0.683. The fraction of sp³-hybridized carbons (Fsp3) is 0.143. The van der Waals surface area contributed by atoms with Gasteiger partial charge in [-0.05, 0) is 12.1 Å². The van der Waals surface area contributed by atoms with Crippen molar-refractivity contribution >= 4 is 27.5 Å². The van der Waals surface area contributed by atoms with Gasteiger partial charge in [0.05, 0.1) is 5.69 Å². The van der Waals surface area contributed by atoms with E-state index in [9.17, 15) is 13.5 Å². The molecule has 5 nitrogen and oxygen atoms in total. The van der Waals surface area contributed by atoms with E-state index in [0.717, 1.165) is 0 Å². The molecule has 0 saturated carbocycles. The van der Waals surface area contributed by atoms with Crippen LogP contribution in [0.25, 0.3) is 0 Å². The second-order valence-electron chi connectivity index (χ2n) is 2.47. The van der Waals surface area contributed by atoms with Gasteiger partial charge in [-0.15, -0.1) is 0 Å². The zero-order chi connectivity index (χ0) is 10.8. The molecule has 1 rings (SSSR count). The Labute approximate surface area is 86.9 Å². The van der Waals surface area contributed by atoms with E-state index in [-0.39, 0.29) is 11.4 Å². The molecule has 0 aliphatic heterocycles. The lowest BCUT2D eigenvalue weighted by atomic mass is 10.3. The number of hydrogen-bond acceptors (Lipinski definition) is 3. The summed E-state index contributed by atoms with van der Waals surface area (Å²) in [6, 6.07) is 4.08. The van der Waals surface area contributed by atoms with Gasteiger partial charge in [-0.1, -0.05) is 11.6 Å². The molecule has 1 aromatic carbocycles. The van der Waals surface area contributed by atoms with Crippen molar-refractivity contribution in [1.29, 1.82) is 0 Å². The molecule has 7 heteroatoms. The maximum atomic E-state index is 11.0. The fourth-order valence-electron chi connectivity index (χ4n) is 0.787. The molecule has 0 radical (unpaired) electrons. The van der Waals surface area contributed by atoms with E-state index in [0.29, 0.717) is 5.02 Å². The number of aromatic hydroxyl groups is 1. The van der Waals surface area contributed by atoms with Crippen molar-refractivity contribution in [3.05, 3.63) is 23.2 Å². The number of phenolic OH excluding ortho intramolecular Hbond substituents is 1. The van der Waals surface area contributed by atoms with Gasteiger partial charge in [-0.3, -0.25) is 4.72 Å². The van der Waals surface area contributed by atoms with Crippen LogP contribution in [0.15, 0.2) is 18.2 Å². The lowest BCUT2D eigenvalue weighted by molar-refractivity contribution is 0.477. The minimum Gasteiger partial charge on any atom is -0.506 e. The van der Waals surface area contributed by atoms with Crippen LogP contribution in [-0.4, -0.2) is 20.6 Å². The number of halogens is 1. The average molecular weight is 237 g/mol. The van der Waals surface area contributed by atoms with Gasteiger partial charge in [-0.2, -0.15) is 8.42 Å². The van der Waals surface area contributed by atoms with Crippen LogP contribution in [-0.2, 0) is 10.2 Å². The van der Waals surface area contributed by atoms with Crippen LogP contribution >= 0.6 is 11.6 Å². The SMILES string of the molecule is CNS(=O)(=O)Nc1ccc(Cl)cc1O. The van der Waals surface area contributed by atoms with Gasteiger partial charge in [0.15, 0.2) is 0 Å². The second-order valence-corrected chi connectivity index (χ2v) is 4.53. The first-order chi connectivity index (χ1) is 6.44. The number of benzene rings is 1. The van der Waals surface area contributed by atoms with Crippen LogP contribution in [0.1, 0.15) is 0 Å². The second kappa shape index (κ2) is 4.04. The summed E-state index contributed by atoms with van der Waals surface area (Å²) < 4.78 is 26.2. The third-order valence-electron chi connectivity index (χ3n) is 1.47. The summed E-state index contributed by atoms with van der Waals surface area (Å²) in [5.74, 6) is -0.226. The van der Waals surface area contributed by atoms with Crippen LogP contribution in [0.4, 0.5) is 5.69 Å². The van der Waals surface area contributed by atoms with Crippen LogP contribution in [0.3, 0.4) is 0 Å². The van der Waals surface area contributed by atoms with E-state index in [1.165, 1.54) is 25.2 Å². The van der Waals surface area contributed by atoms with Gasteiger partial charge >= 0.3 is 0 Å². The standard InChI is InChI=1S/C7H9ClN2O3S/c1-9-14(12,13)10-6-3-2-5(8)4-7(6)11/h2-4,9-11H,1H3. The summed E-state index contributed by atoms with van der Waals surface area (Å²) in [4.78, 5) is 0.